The van der Waals surface area contributed by atoms with Crippen molar-refractivity contribution < 1.29 is 4.79 Å². The van der Waals surface area contributed by atoms with Gasteiger partial charge in [-0.05, 0) is 38.1 Å². The topological polar surface area (TPSA) is 98.1 Å². The molecule has 25 heavy (non-hydrogen) atoms. The van der Waals surface area contributed by atoms with Crippen LogP contribution in [0.4, 0.5) is 0 Å². The van der Waals surface area contributed by atoms with Crippen molar-refractivity contribution >= 4 is 5.91 Å². The lowest BCUT2D eigenvalue weighted by Gasteiger charge is -2.24. The van der Waals surface area contributed by atoms with Crippen molar-refractivity contribution in [2.75, 3.05) is 6.54 Å². The molecule has 0 spiro atoms. The Balaban J connectivity index is 1.98. The second kappa shape index (κ2) is 8.43. The van der Waals surface area contributed by atoms with Gasteiger partial charge in [-0.1, -0.05) is 19.1 Å². The minimum Gasteiger partial charge on any atom is -0.346 e. The van der Waals surface area contributed by atoms with Crippen LogP contribution in [0.15, 0.2) is 39.9 Å². The number of carbonyl (C=O) groups is 1. The fraction of sp³-hybridized carbons (Fsp3) is 0.389. The molecule has 0 radical (unpaired) electrons. The summed E-state index contributed by atoms with van der Waals surface area (Å²) in [6.07, 6.45) is 0. The highest BCUT2D eigenvalue weighted by atomic mass is 16.2. The predicted molar refractivity (Wildman–Crippen MR) is 96.5 cm³/mol. The quantitative estimate of drug-likeness (QED) is 0.703. The smallest absolute Gasteiger partial charge is 0.325 e. The summed E-state index contributed by atoms with van der Waals surface area (Å²) < 4.78 is 0. The Hall–Kier alpha value is -2.67. The van der Waals surface area contributed by atoms with Crippen LogP contribution in [0.5, 0.6) is 0 Å². The number of aromatic amines is 2. The van der Waals surface area contributed by atoms with Gasteiger partial charge in [0.05, 0.1) is 6.54 Å². The zero-order valence-corrected chi connectivity index (χ0v) is 14.8. The molecular weight excluding hydrogens is 320 g/mol. The van der Waals surface area contributed by atoms with Crippen LogP contribution in [-0.4, -0.2) is 33.4 Å². The Bertz CT molecular complexity index is 793. The lowest BCUT2D eigenvalue weighted by atomic mass is 10.1. The zero-order chi connectivity index (χ0) is 18.4. The zero-order valence-electron chi connectivity index (χ0n) is 14.8. The summed E-state index contributed by atoms with van der Waals surface area (Å²) in [6.45, 7) is 8.32. The highest BCUT2D eigenvalue weighted by molar-refractivity contribution is 5.94. The molecule has 1 aromatic heterocycles. The number of amides is 1. The van der Waals surface area contributed by atoms with E-state index in [1.165, 1.54) is 6.07 Å². The highest BCUT2D eigenvalue weighted by Crippen LogP contribution is 2.10. The number of H-pyrrole nitrogens is 2. The maximum atomic E-state index is 12.2. The highest BCUT2D eigenvalue weighted by Gasteiger charge is 2.09. The third-order valence-electron chi connectivity index (χ3n) is 3.99. The van der Waals surface area contributed by atoms with Crippen molar-refractivity contribution in [3.63, 3.8) is 0 Å². The number of aromatic nitrogens is 2. The second-order valence-electron chi connectivity index (χ2n) is 6.15. The van der Waals surface area contributed by atoms with E-state index < -0.39 is 11.2 Å². The fourth-order valence-electron chi connectivity index (χ4n) is 2.55. The minimum atomic E-state index is -0.591. The number of nitrogens with one attached hydrogen (secondary N) is 3. The molecule has 1 aromatic carbocycles. The molecular formula is C18H24N4O3. The van der Waals surface area contributed by atoms with Crippen molar-refractivity contribution in [1.82, 2.24) is 20.2 Å². The number of carbonyl (C=O) groups excluding carboxylic acids is 1. The van der Waals surface area contributed by atoms with Gasteiger partial charge < -0.3 is 10.3 Å². The summed E-state index contributed by atoms with van der Waals surface area (Å²) in [5.41, 5.74) is 0.943. The molecule has 0 saturated heterocycles. The van der Waals surface area contributed by atoms with Crippen LogP contribution in [0, 0.1) is 0 Å². The van der Waals surface area contributed by atoms with Crippen LogP contribution >= 0.6 is 0 Å². The summed E-state index contributed by atoms with van der Waals surface area (Å²) >= 11 is 0. The monoisotopic (exact) mass is 344 g/mol. The number of hydrogen-bond donors (Lipinski definition) is 3. The van der Waals surface area contributed by atoms with Crippen molar-refractivity contribution in [3.8, 4) is 0 Å². The summed E-state index contributed by atoms with van der Waals surface area (Å²) in [7, 11) is 0. The first-order valence-electron chi connectivity index (χ1n) is 8.32. The van der Waals surface area contributed by atoms with E-state index in [1.807, 2.05) is 12.1 Å². The molecule has 0 unspecified atom stereocenters. The summed E-state index contributed by atoms with van der Waals surface area (Å²) in [6, 6.07) is 9.14. The minimum absolute atomic E-state index is 0.0801. The maximum Gasteiger partial charge on any atom is 0.325 e. The van der Waals surface area contributed by atoms with Gasteiger partial charge in [-0.2, -0.15) is 0 Å². The maximum absolute atomic E-state index is 12.2. The van der Waals surface area contributed by atoms with Crippen LogP contribution in [0.25, 0.3) is 0 Å². The molecule has 1 amide bonds. The normalized spacial score (nSPS) is 11.1. The van der Waals surface area contributed by atoms with E-state index in [1.54, 1.807) is 12.1 Å². The largest absolute Gasteiger partial charge is 0.346 e. The Morgan fingerprint density at radius 1 is 1.16 bits per heavy atom. The molecule has 0 saturated carbocycles. The average molecular weight is 344 g/mol. The van der Waals surface area contributed by atoms with Crippen LogP contribution in [0.1, 0.15) is 42.4 Å². The molecule has 3 N–H and O–H groups in total. The van der Waals surface area contributed by atoms with Crippen LogP contribution in [0.3, 0.4) is 0 Å². The van der Waals surface area contributed by atoms with E-state index in [0.29, 0.717) is 17.3 Å². The molecule has 134 valence electrons. The van der Waals surface area contributed by atoms with Gasteiger partial charge in [-0.25, -0.2) is 4.79 Å². The first-order valence-corrected chi connectivity index (χ1v) is 8.32. The molecule has 0 fully saturated rings. The lowest BCUT2D eigenvalue weighted by molar-refractivity contribution is 0.0950. The van der Waals surface area contributed by atoms with Gasteiger partial charge in [0.2, 0.25) is 0 Å². The molecule has 0 bridgehead atoms. The molecule has 0 aliphatic rings. The van der Waals surface area contributed by atoms with Gasteiger partial charge in [0.1, 0.15) is 0 Å². The van der Waals surface area contributed by atoms with Crippen LogP contribution in [-0.2, 0) is 13.1 Å². The van der Waals surface area contributed by atoms with Gasteiger partial charge in [0.15, 0.2) is 0 Å². The average Bonchev–Trinajstić information content (AvgIpc) is 2.57. The number of hydrogen-bond acceptors (Lipinski definition) is 4. The number of rotatable bonds is 7. The molecule has 0 aliphatic heterocycles. The van der Waals surface area contributed by atoms with Crippen molar-refractivity contribution in [1.29, 1.82) is 0 Å². The van der Waals surface area contributed by atoms with Gasteiger partial charge in [0.25, 0.3) is 11.5 Å². The lowest BCUT2D eigenvalue weighted by Crippen LogP contribution is -2.30. The molecule has 2 rings (SSSR count). The molecule has 0 atom stereocenters. The molecule has 2 aromatic rings. The Kier molecular flexibility index (Phi) is 6.30. The van der Waals surface area contributed by atoms with Gasteiger partial charge >= 0.3 is 5.69 Å². The van der Waals surface area contributed by atoms with E-state index in [0.717, 1.165) is 18.7 Å². The van der Waals surface area contributed by atoms with E-state index >= 15 is 0 Å². The number of benzene rings is 1. The van der Waals surface area contributed by atoms with Gasteiger partial charge in [-0.3, -0.25) is 19.5 Å². The Morgan fingerprint density at radius 2 is 1.84 bits per heavy atom. The first kappa shape index (κ1) is 18.7. The first-order chi connectivity index (χ1) is 11.9. The summed E-state index contributed by atoms with van der Waals surface area (Å²) in [5.74, 6) is -0.260. The van der Waals surface area contributed by atoms with Crippen molar-refractivity contribution in [2.24, 2.45) is 0 Å². The van der Waals surface area contributed by atoms with Crippen molar-refractivity contribution in [3.05, 3.63) is 68.0 Å². The van der Waals surface area contributed by atoms with Gasteiger partial charge in [0, 0.05) is 29.9 Å². The molecule has 1 heterocycles. The standard InChI is InChI=1S/C18H24N4O3/c1-4-22(12(2)3)11-13-5-7-14(8-6-13)17(24)19-10-15-9-16(23)21-18(25)20-15/h5-9,12H,4,10-11H2,1-3H3,(H,19,24)(H2,20,21,23,25). The third kappa shape index (κ3) is 5.42. The molecule has 7 heteroatoms. The Morgan fingerprint density at radius 3 is 2.40 bits per heavy atom. The summed E-state index contributed by atoms with van der Waals surface area (Å²) in [4.78, 5) is 41.5. The van der Waals surface area contributed by atoms with E-state index in [4.69, 9.17) is 0 Å². The van der Waals surface area contributed by atoms with E-state index in [2.05, 4.69) is 41.0 Å². The number of nitrogens with zero attached hydrogens (tertiary/aromatic N) is 1. The molecule has 0 aliphatic carbocycles. The van der Waals surface area contributed by atoms with E-state index in [9.17, 15) is 14.4 Å². The van der Waals surface area contributed by atoms with E-state index in [-0.39, 0.29) is 12.5 Å². The fourth-order valence-corrected chi connectivity index (χ4v) is 2.55. The van der Waals surface area contributed by atoms with Gasteiger partial charge in [-0.15, -0.1) is 0 Å². The Labute approximate surface area is 146 Å². The third-order valence-corrected chi connectivity index (χ3v) is 3.99. The second-order valence-corrected chi connectivity index (χ2v) is 6.15. The molecule has 7 nitrogen and oxygen atoms in total. The SMILES string of the molecule is CCN(Cc1ccc(C(=O)NCc2cc(=O)[nH]c(=O)[nH]2)cc1)C(C)C. The summed E-state index contributed by atoms with van der Waals surface area (Å²) in [5, 5.41) is 2.69. The van der Waals surface area contributed by atoms with Crippen molar-refractivity contribution in [2.45, 2.75) is 39.9 Å². The van der Waals surface area contributed by atoms with Crippen LogP contribution in [0.2, 0.25) is 0 Å². The predicted octanol–water partition coefficient (Wildman–Crippen LogP) is 1.22. The van der Waals surface area contributed by atoms with Crippen LogP contribution < -0.4 is 16.6 Å².